The molecule has 4 nitrogen and oxygen atoms in total. The Hall–Kier alpha value is -3.29. The number of hydrogen-bond donors (Lipinski definition) is 1. The van der Waals surface area contributed by atoms with Crippen molar-refractivity contribution < 1.29 is 22.4 Å². The van der Waals surface area contributed by atoms with Crippen LogP contribution >= 0.6 is 0 Å². The molecule has 1 aromatic carbocycles. The van der Waals surface area contributed by atoms with Crippen LogP contribution in [0.15, 0.2) is 48.8 Å². The van der Waals surface area contributed by atoms with Crippen LogP contribution in [0.3, 0.4) is 0 Å². The molecule has 4 rings (SSSR count). The van der Waals surface area contributed by atoms with E-state index in [2.05, 4.69) is 15.3 Å². The van der Waals surface area contributed by atoms with Crippen LogP contribution in [0.1, 0.15) is 32.7 Å². The molecule has 148 valence electrons. The lowest BCUT2D eigenvalue weighted by Gasteiger charge is -2.19. The fourth-order valence-corrected chi connectivity index (χ4v) is 3.45. The monoisotopic (exact) mass is 401 g/mol. The zero-order valence-corrected chi connectivity index (χ0v) is 15.1. The van der Waals surface area contributed by atoms with Gasteiger partial charge in [0.05, 0.1) is 11.3 Å². The van der Waals surface area contributed by atoms with Crippen molar-refractivity contribution >= 4 is 5.91 Å². The molecule has 1 N–H and O–H groups in total. The Morgan fingerprint density at radius 3 is 2.62 bits per heavy atom. The Labute approximate surface area is 163 Å². The van der Waals surface area contributed by atoms with Gasteiger partial charge in [-0.1, -0.05) is 0 Å². The molecule has 0 radical (unpaired) electrons. The molecule has 0 saturated carbocycles. The molecule has 0 saturated heterocycles. The van der Waals surface area contributed by atoms with E-state index in [0.29, 0.717) is 41.5 Å². The van der Waals surface area contributed by atoms with E-state index in [1.807, 2.05) is 0 Å². The van der Waals surface area contributed by atoms with Crippen LogP contribution in [-0.4, -0.2) is 22.4 Å². The second kappa shape index (κ2) is 7.27. The molecular weight excluding hydrogens is 386 g/mol. The standard InChI is InChI=1S/C21H15F4N3O/c22-15-8-12(7-14(11-15)21(23,24)25)9-16-10-13(1-4-26-16)19-17-2-6-28-20(29)18(17)3-5-27-19/h1,3-5,7-8,10-11H,2,6,9H2,(H,28,29). The zero-order chi connectivity index (χ0) is 20.6. The van der Waals surface area contributed by atoms with Gasteiger partial charge in [0.1, 0.15) is 5.82 Å². The molecule has 0 atom stereocenters. The third-order valence-electron chi connectivity index (χ3n) is 4.72. The number of nitrogens with zero attached hydrogens (tertiary/aromatic N) is 2. The van der Waals surface area contributed by atoms with E-state index >= 15 is 0 Å². The summed E-state index contributed by atoms with van der Waals surface area (Å²) in [5.74, 6) is -1.11. The third kappa shape index (κ3) is 3.96. The number of fused-ring (bicyclic) bond motifs is 1. The maximum absolute atomic E-state index is 13.7. The van der Waals surface area contributed by atoms with Gasteiger partial charge >= 0.3 is 6.18 Å². The number of amides is 1. The summed E-state index contributed by atoms with van der Waals surface area (Å²) in [5.41, 5.74) is 2.32. The van der Waals surface area contributed by atoms with Crippen LogP contribution in [0.4, 0.5) is 17.6 Å². The van der Waals surface area contributed by atoms with Crippen molar-refractivity contribution in [3.05, 3.63) is 82.6 Å². The summed E-state index contributed by atoms with van der Waals surface area (Å²) < 4.78 is 52.5. The summed E-state index contributed by atoms with van der Waals surface area (Å²) in [6.07, 6.45) is -0.898. The molecule has 2 aromatic heterocycles. The van der Waals surface area contributed by atoms with Crippen LogP contribution in [0.25, 0.3) is 11.3 Å². The number of benzene rings is 1. The van der Waals surface area contributed by atoms with E-state index in [1.54, 1.807) is 24.4 Å². The van der Waals surface area contributed by atoms with Gasteiger partial charge < -0.3 is 5.32 Å². The molecule has 0 fully saturated rings. The molecular formula is C21H15F4N3O. The van der Waals surface area contributed by atoms with E-state index in [9.17, 15) is 22.4 Å². The van der Waals surface area contributed by atoms with E-state index in [4.69, 9.17) is 0 Å². The van der Waals surface area contributed by atoms with Gasteiger partial charge in [0.25, 0.3) is 5.91 Å². The van der Waals surface area contributed by atoms with Crippen molar-refractivity contribution in [3.63, 3.8) is 0 Å². The van der Waals surface area contributed by atoms with Gasteiger partial charge in [0.15, 0.2) is 0 Å². The van der Waals surface area contributed by atoms with E-state index in [-0.39, 0.29) is 17.9 Å². The van der Waals surface area contributed by atoms with Crippen molar-refractivity contribution in [3.8, 4) is 11.3 Å². The molecule has 3 aromatic rings. The maximum atomic E-state index is 13.7. The Morgan fingerprint density at radius 2 is 1.83 bits per heavy atom. The lowest BCUT2D eigenvalue weighted by molar-refractivity contribution is -0.137. The molecule has 1 amide bonds. The summed E-state index contributed by atoms with van der Waals surface area (Å²) >= 11 is 0. The number of carbonyl (C=O) groups excluding carboxylic acids is 1. The van der Waals surface area contributed by atoms with Crippen molar-refractivity contribution in [1.29, 1.82) is 0 Å². The molecule has 0 bridgehead atoms. The van der Waals surface area contributed by atoms with Gasteiger partial charge in [-0.25, -0.2) is 4.39 Å². The zero-order valence-electron chi connectivity index (χ0n) is 15.1. The number of nitrogens with one attached hydrogen (secondary N) is 1. The molecule has 0 unspecified atom stereocenters. The normalized spacial score (nSPS) is 13.7. The summed E-state index contributed by atoms with van der Waals surface area (Å²) in [4.78, 5) is 20.6. The molecule has 0 spiro atoms. The number of hydrogen-bond acceptors (Lipinski definition) is 3. The van der Waals surface area contributed by atoms with Crippen molar-refractivity contribution in [1.82, 2.24) is 15.3 Å². The fourth-order valence-electron chi connectivity index (χ4n) is 3.45. The Morgan fingerprint density at radius 1 is 1.03 bits per heavy atom. The van der Waals surface area contributed by atoms with Gasteiger partial charge in [-0.3, -0.25) is 14.8 Å². The highest BCUT2D eigenvalue weighted by atomic mass is 19.4. The minimum absolute atomic E-state index is 0.0319. The smallest absolute Gasteiger partial charge is 0.352 e. The minimum Gasteiger partial charge on any atom is -0.352 e. The Balaban J connectivity index is 1.69. The summed E-state index contributed by atoms with van der Waals surface area (Å²) in [5, 5.41) is 2.78. The van der Waals surface area contributed by atoms with Crippen LogP contribution in [0.2, 0.25) is 0 Å². The first-order valence-corrected chi connectivity index (χ1v) is 8.89. The highest BCUT2D eigenvalue weighted by molar-refractivity contribution is 5.98. The highest BCUT2D eigenvalue weighted by Gasteiger charge is 2.31. The van der Waals surface area contributed by atoms with Gasteiger partial charge in [-0.15, -0.1) is 0 Å². The molecule has 3 heterocycles. The second-order valence-corrected chi connectivity index (χ2v) is 6.75. The summed E-state index contributed by atoms with van der Waals surface area (Å²) in [7, 11) is 0. The van der Waals surface area contributed by atoms with Crippen LogP contribution in [0.5, 0.6) is 0 Å². The molecule has 29 heavy (non-hydrogen) atoms. The molecule has 1 aliphatic heterocycles. The average molecular weight is 401 g/mol. The predicted octanol–water partition coefficient (Wildman–Crippen LogP) is 4.18. The molecule has 0 aliphatic carbocycles. The van der Waals surface area contributed by atoms with Gasteiger partial charge in [-0.05, 0) is 53.9 Å². The quantitative estimate of drug-likeness (QED) is 0.670. The predicted molar refractivity (Wildman–Crippen MR) is 97.7 cm³/mol. The third-order valence-corrected chi connectivity index (χ3v) is 4.72. The summed E-state index contributed by atoms with van der Waals surface area (Å²) in [6.45, 7) is 0.506. The van der Waals surface area contributed by atoms with Gasteiger partial charge in [0, 0.05) is 42.2 Å². The van der Waals surface area contributed by atoms with Crippen molar-refractivity contribution in [2.75, 3.05) is 6.54 Å². The number of aromatic nitrogens is 2. The van der Waals surface area contributed by atoms with Gasteiger partial charge in [0.2, 0.25) is 0 Å². The topological polar surface area (TPSA) is 54.9 Å². The van der Waals surface area contributed by atoms with Crippen LogP contribution in [-0.2, 0) is 19.0 Å². The number of rotatable bonds is 3. The van der Waals surface area contributed by atoms with Crippen molar-refractivity contribution in [2.45, 2.75) is 19.0 Å². The molecule has 8 heteroatoms. The first-order chi connectivity index (χ1) is 13.8. The first kappa shape index (κ1) is 19.0. The number of alkyl halides is 3. The Kier molecular flexibility index (Phi) is 4.77. The number of halogens is 4. The first-order valence-electron chi connectivity index (χ1n) is 8.89. The SMILES string of the molecule is O=C1NCCc2c1ccnc2-c1ccnc(Cc2cc(F)cc(C(F)(F)F)c2)c1. The highest BCUT2D eigenvalue weighted by Crippen LogP contribution is 2.31. The second-order valence-electron chi connectivity index (χ2n) is 6.75. The van der Waals surface area contributed by atoms with Gasteiger partial charge in [-0.2, -0.15) is 13.2 Å². The number of pyridine rings is 2. The van der Waals surface area contributed by atoms with Crippen LogP contribution < -0.4 is 5.32 Å². The number of carbonyl (C=O) groups is 1. The Bertz CT molecular complexity index is 1100. The summed E-state index contributed by atoms with van der Waals surface area (Å²) in [6, 6.07) is 7.54. The average Bonchev–Trinajstić information content (AvgIpc) is 2.67. The van der Waals surface area contributed by atoms with E-state index in [0.717, 1.165) is 17.7 Å². The van der Waals surface area contributed by atoms with Crippen LogP contribution in [0, 0.1) is 5.82 Å². The van der Waals surface area contributed by atoms with E-state index < -0.39 is 17.6 Å². The largest absolute Gasteiger partial charge is 0.416 e. The molecule has 1 aliphatic rings. The van der Waals surface area contributed by atoms with E-state index in [1.165, 1.54) is 6.20 Å². The maximum Gasteiger partial charge on any atom is 0.416 e. The fraction of sp³-hybridized carbons (Fsp3) is 0.190. The lowest BCUT2D eigenvalue weighted by atomic mass is 9.95. The minimum atomic E-state index is -4.63. The van der Waals surface area contributed by atoms with Crippen molar-refractivity contribution in [2.24, 2.45) is 0 Å². The lowest BCUT2D eigenvalue weighted by Crippen LogP contribution is -2.32.